The average molecular weight is 341 g/mol. The quantitative estimate of drug-likeness (QED) is 0.878. The summed E-state index contributed by atoms with van der Waals surface area (Å²) in [7, 11) is 1.24. The molecule has 1 aromatic heterocycles. The van der Waals surface area contributed by atoms with Crippen molar-refractivity contribution < 1.29 is 22.7 Å². The van der Waals surface area contributed by atoms with Crippen LogP contribution in [0.25, 0.3) is 11.3 Å². The highest BCUT2D eigenvalue weighted by molar-refractivity contribution is 5.85. The Kier molecular flexibility index (Phi) is 4.59. The fraction of sp³-hybridized carbons (Fsp3) is 0.375. The summed E-state index contributed by atoms with van der Waals surface area (Å²) in [5.41, 5.74) is -0.260. The maximum atomic E-state index is 12.8. The Morgan fingerprint density at radius 2 is 1.75 bits per heavy atom. The average Bonchev–Trinajstić information content (AvgIpc) is 2.79. The molecule has 0 aliphatic heterocycles. The van der Waals surface area contributed by atoms with Crippen molar-refractivity contribution in [1.82, 2.24) is 9.78 Å². The van der Waals surface area contributed by atoms with E-state index in [0.29, 0.717) is 11.3 Å². The topological polar surface area (TPSA) is 56.2 Å². The van der Waals surface area contributed by atoms with E-state index in [1.807, 2.05) is 0 Å². The maximum Gasteiger partial charge on any atom is 0.433 e. The number of amides is 1. The lowest BCUT2D eigenvalue weighted by molar-refractivity contribution is -0.143. The summed E-state index contributed by atoms with van der Waals surface area (Å²) >= 11 is 0. The Labute approximate surface area is 137 Å². The van der Waals surface area contributed by atoms with Gasteiger partial charge in [-0.05, 0) is 39.0 Å². The second-order valence-corrected chi connectivity index (χ2v) is 6.24. The van der Waals surface area contributed by atoms with Crippen LogP contribution in [0.1, 0.15) is 26.5 Å². The third kappa shape index (κ3) is 4.50. The number of hydrogen-bond donors (Lipinski definition) is 1. The normalized spacial score (nSPS) is 12.1. The number of anilines is 1. The van der Waals surface area contributed by atoms with E-state index in [-0.39, 0.29) is 5.69 Å². The molecule has 0 saturated heterocycles. The number of ether oxygens (including phenoxy) is 1. The molecule has 130 valence electrons. The van der Waals surface area contributed by atoms with Gasteiger partial charge in [0.05, 0.1) is 5.69 Å². The molecule has 24 heavy (non-hydrogen) atoms. The molecule has 0 bridgehead atoms. The lowest BCUT2D eigenvalue weighted by Gasteiger charge is -2.19. The number of halogens is 3. The summed E-state index contributed by atoms with van der Waals surface area (Å²) < 4.78 is 44.3. The fourth-order valence-corrected chi connectivity index (χ4v) is 2.02. The van der Waals surface area contributed by atoms with Crippen molar-refractivity contribution >= 4 is 11.8 Å². The zero-order valence-electron chi connectivity index (χ0n) is 13.7. The molecule has 0 aliphatic rings. The number of nitrogens with zero attached hydrogens (tertiary/aromatic N) is 2. The van der Waals surface area contributed by atoms with Gasteiger partial charge in [0.15, 0.2) is 0 Å². The Morgan fingerprint density at radius 3 is 2.21 bits per heavy atom. The van der Waals surface area contributed by atoms with Crippen molar-refractivity contribution in [3.05, 3.63) is 36.0 Å². The minimum Gasteiger partial charge on any atom is -0.444 e. The number of nitrogens with one attached hydrogen (secondary N) is 1. The van der Waals surface area contributed by atoms with E-state index in [0.717, 1.165) is 10.7 Å². The Hall–Kier alpha value is -2.51. The van der Waals surface area contributed by atoms with Crippen molar-refractivity contribution in [2.24, 2.45) is 7.05 Å². The number of rotatable bonds is 2. The molecular weight excluding hydrogens is 323 g/mol. The summed E-state index contributed by atoms with van der Waals surface area (Å²) in [6.45, 7) is 5.24. The molecule has 0 radical (unpaired) electrons. The summed E-state index contributed by atoms with van der Waals surface area (Å²) in [4.78, 5) is 11.7. The fourth-order valence-electron chi connectivity index (χ4n) is 2.02. The summed E-state index contributed by atoms with van der Waals surface area (Å²) in [6, 6.07) is 7.28. The number of carbonyl (C=O) groups excluding carboxylic acids is 1. The molecule has 1 aromatic carbocycles. The van der Waals surface area contributed by atoms with Crippen LogP contribution < -0.4 is 5.32 Å². The van der Waals surface area contributed by atoms with Gasteiger partial charge in [0.1, 0.15) is 11.3 Å². The number of alkyl halides is 3. The van der Waals surface area contributed by atoms with E-state index in [2.05, 4.69) is 10.4 Å². The van der Waals surface area contributed by atoms with Crippen LogP contribution in [0.15, 0.2) is 30.3 Å². The molecule has 2 aromatic rings. The predicted octanol–water partition coefficient (Wildman–Crippen LogP) is 4.45. The van der Waals surface area contributed by atoms with E-state index in [9.17, 15) is 18.0 Å². The number of carbonyl (C=O) groups is 1. The Morgan fingerprint density at radius 1 is 1.17 bits per heavy atom. The Balaban J connectivity index is 2.14. The lowest BCUT2D eigenvalue weighted by Crippen LogP contribution is -2.27. The number of aryl methyl sites for hydroxylation is 1. The predicted molar refractivity (Wildman–Crippen MR) is 83.5 cm³/mol. The van der Waals surface area contributed by atoms with Crippen LogP contribution in [-0.4, -0.2) is 21.5 Å². The van der Waals surface area contributed by atoms with E-state index in [4.69, 9.17) is 4.74 Å². The van der Waals surface area contributed by atoms with Gasteiger partial charge in [-0.15, -0.1) is 0 Å². The number of aromatic nitrogens is 2. The molecule has 0 fully saturated rings. The first-order chi connectivity index (χ1) is 11.0. The highest BCUT2D eigenvalue weighted by atomic mass is 19.4. The van der Waals surface area contributed by atoms with Gasteiger partial charge in [-0.1, -0.05) is 12.1 Å². The zero-order chi connectivity index (χ0) is 18.1. The van der Waals surface area contributed by atoms with Crippen LogP contribution in [0, 0.1) is 0 Å². The molecule has 0 aliphatic carbocycles. The van der Waals surface area contributed by atoms with Gasteiger partial charge < -0.3 is 4.74 Å². The maximum absolute atomic E-state index is 12.8. The standard InChI is InChI=1S/C16H18F3N3O2/c1-15(2,3)24-14(23)20-11-7-5-10(6-8-11)12-9-13(16(17,18)19)22(4)21-12/h5-9H,1-4H3,(H,20,23). The summed E-state index contributed by atoms with van der Waals surface area (Å²) in [6.07, 6.45) is -5.06. The van der Waals surface area contributed by atoms with Gasteiger partial charge in [0.25, 0.3) is 0 Å². The van der Waals surface area contributed by atoms with Gasteiger partial charge >= 0.3 is 12.3 Å². The molecule has 0 saturated carbocycles. The second kappa shape index (κ2) is 6.18. The largest absolute Gasteiger partial charge is 0.444 e. The molecular formula is C16H18F3N3O2. The smallest absolute Gasteiger partial charge is 0.433 e. The monoisotopic (exact) mass is 341 g/mol. The van der Waals surface area contributed by atoms with E-state index in [1.54, 1.807) is 45.0 Å². The van der Waals surface area contributed by atoms with Gasteiger partial charge in [0, 0.05) is 18.3 Å². The molecule has 8 heteroatoms. The second-order valence-electron chi connectivity index (χ2n) is 6.24. The van der Waals surface area contributed by atoms with Crippen molar-refractivity contribution in [3.63, 3.8) is 0 Å². The molecule has 1 N–H and O–H groups in total. The SMILES string of the molecule is Cn1nc(-c2ccc(NC(=O)OC(C)(C)C)cc2)cc1C(F)(F)F. The van der Waals surface area contributed by atoms with Crippen LogP contribution >= 0.6 is 0 Å². The molecule has 1 heterocycles. The number of benzene rings is 1. The first-order valence-electron chi connectivity index (χ1n) is 7.17. The lowest BCUT2D eigenvalue weighted by atomic mass is 10.1. The van der Waals surface area contributed by atoms with Crippen LogP contribution in [0.3, 0.4) is 0 Å². The van der Waals surface area contributed by atoms with Crippen LogP contribution in [0.5, 0.6) is 0 Å². The van der Waals surface area contributed by atoms with E-state index < -0.39 is 23.6 Å². The molecule has 1 amide bonds. The minimum absolute atomic E-state index is 0.202. The van der Waals surface area contributed by atoms with Crippen molar-refractivity contribution in [2.45, 2.75) is 32.5 Å². The first kappa shape index (κ1) is 17.8. The first-order valence-corrected chi connectivity index (χ1v) is 7.17. The van der Waals surface area contributed by atoms with Crippen molar-refractivity contribution in [1.29, 1.82) is 0 Å². The van der Waals surface area contributed by atoms with Gasteiger partial charge in [-0.25, -0.2) is 4.79 Å². The molecule has 5 nitrogen and oxygen atoms in total. The third-order valence-corrected chi connectivity index (χ3v) is 3.00. The van der Waals surface area contributed by atoms with E-state index >= 15 is 0 Å². The van der Waals surface area contributed by atoms with Gasteiger partial charge in [-0.3, -0.25) is 10.00 Å². The van der Waals surface area contributed by atoms with Gasteiger partial charge in [0.2, 0.25) is 0 Å². The summed E-state index contributed by atoms with van der Waals surface area (Å²) in [5.74, 6) is 0. The van der Waals surface area contributed by atoms with E-state index in [1.165, 1.54) is 7.05 Å². The molecule has 0 atom stereocenters. The number of hydrogen-bond acceptors (Lipinski definition) is 3. The van der Waals surface area contributed by atoms with Crippen LogP contribution in [-0.2, 0) is 18.0 Å². The molecule has 0 unspecified atom stereocenters. The molecule has 0 spiro atoms. The van der Waals surface area contributed by atoms with Crippen molar-refractivity contribution in [3.8, 4) is 11.3 Å². The van der Waals surface area contributed by atoms with Crippen molar-refractivity contribution in [2.75, 3.05) is 5.32 Å². The van der Waals surface area contributed by atoms with Gasteiger partial charge in [-0.2, -0.15) is 18.3 Å². The zero-order valence-corrected chi connectivity index (χ0v) is 13.7. The van der Waals surface area contributed by atoms with Crippen LogP contribution in [0.2, 0.25) is 0 Å². The highest BCUT2D eigenvalue weighted by Crippen LogP contribution is 2.32. The Bertz CT molecular complexity index is 729. The highest BCUT2D eigenvalue weighted by Gasteiger charge is 2.35. The third-order valence-electron chi connectivity index (χ3n) is 3.00. The minimum atomic E-state index is -4.46. The molecule has 2 rings (SSSR count). The van der Waals surface area contributed by atoms with Crippen LogP contribution in [0.4, 0.5) is 23.7 Å². The summed E-state index contributed by atoms with van der Waals surface area (Å²) in [5, 5.41) is 6.42.